The van der Waals surface area contributed by atoms with Crippen LogP contribution in [0.5, 0.6) is 0 Å². The van der Waals surface area contributed by atoms with Crippen molar-refractivity contribution in [2.24, 2.45) is 5.41 Å². The van der Waals surface area contributed by atoms with Gasteiger partial charge in [-0.25, -0.2) is 0 Å². The predicted molar refractivity (Wildman–Crippen MR) is 88.7 cm³/mol. The van der Waals surface area contributed by atoms with Crippen molar-refractivity contribution in [3.05, 3.63) is 35.9 Å². The van der Waals surface area contributed by atoms with Crippen LogP contribution in [-0.4, -0.2) is 25.6 Å². The monoisotopic (exact) mass is 306 g/mol. The first-order chi connectivity index (χ1) is 10.6. The Bertz CT molecular complexity index is 434. The van der Waals surface area contributed by atoms with E-state index in [9.17, 15) is 0 Å². The van der Waals surface area contributed by atoms with Crippen LogP contribution in [0.1, 0.15) is 52.0 Å². The van der Waals surface area contributed by atoms with Crippen LogP contribution in [0.4, 0.5) is 0 Å². The van der Waals surface area contributed by atoms with Crippen molar-refractivity contribution in [1.29, 1.82) is 0 Å². The summed E-state index contributed by atoms with van der Waals surface area (Å²) in [5, 5.41) is 0. The summed E-state index contributed by atoms with van der Waals surface area (Å²) >= 11 is 0. The third kappa shape index (κ3) is 4.80. The van der Waals surface area contributed by atoms with Crippen molar-refractivity contribution in [2.45, 2.75) is 58.8 Å². The number of benzene rings is 1. The summed E-state index contributed by atoms with van der Waals surface area (Å²) in [5.74, 6) is -0.446. The van der Waals surface area contributed by atoms with Gasteiger partial charge in [0, 0.05) is 18.4 Å². The predicted octanol–water partition coefficient (Wildman–Crippen LogP) is 4.55. The molecule has 2 rings (SSSR count). The van der Waals surface area contributed by atoms with Crippen LogP contribution in [0.2, 0.25) is 0 Å². The second-order valence-corrected chi connectivity index (χ2v) is 6.61. The van der Waals surface area contributed by atoms with Crippen molar-refractivity contribution in [3.63, 3.8) is 0 Å². The number of unbranched alkanes of at least 4 members (excludes halogenated alkanes) is 1. The summed E-state index contributed by atoms with van der Waals surface area (Å²) in [4.78, 5) is 0. The minimum Gasteiger partial charge on any atom is -0.376 e. The highest BCUT2D eigenvalue weighted by Crippen LogP contribution is 2.44. The minimum atomic E-state index is -0.446. The molecule has 2 atom stereocenters. The Balaban J connectivity index is 1.92. The zero-order valence-electron chi connectivity index (χ0n) is 14.3. The third-order valence-corrected chi connectivity index (χ3v) is 4.41. The largest absolute Gasteiger partial charge is 0.376 e. The van der Waals surface area contributed by atoms with Crippen LogP contribution in [0.25, 0.3) is 0 Å². The van der Waals surface area contributed by atoms with Gasteiger partial charge in [0.1, 0.15) is 0 Å². The van der Waals surface area contributed by atoms with E-state index in [0.717, 1.165) is 26.1 Å². The molecule has 1 heterocycles. The van der Waals surface area contributed by atoms with Gasteiger partial charge in [0.05, 0.1) is 19.8 Å². The Hall–Kier alpha value is -0.900. The summed E-state index contributed by atoms with van der Waals surface area (Å²) in [6, 6.07) is 10.3. The Morgan fingerprint density at radius 3 is 2.64 bits per heavy atom. The lowest BCUT2D eigenvalue weighted by molar-refractivity contribution is -0.194. The lowest BCUT2D eigenvalue weighted by Gasteiger charge is -2.29. The zero-order valence-corrected chi connectivity index (χ0v) is 14.3. The maximum absolute atomic E-state index is 6.04. The molecule has 1 aromatic rings. The fraction of sp³-hybridized carbons (Fsp3) is 0.684. The van der Waals surface area contributed by atoms with Gasteiger partial charge in [0.15, 0.2) is 5.79 Å². The van der Waals surface area contributed by atoms with Crippen LogP contribution >= 0.6 is 0 Å². The maximum Gasteiger partial charge on any atom is 0.166 e. The zero-order chi connectivity index (χ0) is 15.9. The summed E-state index contributed by atoms with van der Waals surface area (Å²) in [6.07, 6.45) is 4.47. The van der Waals surface area contributed by atoms with Crippen LogP contribution in [-0.2, 0) is 20.8 Å². The van der Waals surface area contributed by atoms with Crippen LogP contribution < -0.4 is 0 Å². The van der Waals surface area contributed by atoms with Gasteiger partial charge in [-0.3, -0.25) is 0 Å². The van der Waals surface area contributed by atoms with Gasteiger partial charge in [-0.15, -0.1) is 0 Å². The van der Waals surface area contributed by atoms with E-state index in [1.54, 1.807) is 0 Å². The first kappa shape index (κ1) is 17.5. The Morgan fingerprint density at radius 2 is 1.95 bits per heavy atom. The van der Waals surface area contributed by atoms with Crippen molar-refractivity contribution in [3.8, 4) is 0 Å². The minimum absolute atomic E-state index is 0.0920. The molecule has 2 unspecified atom stereocenters. The Kier molecular flexibility index (Phi) is 6.42. The fourth-order valence-corrected chi connectivity index (χ4v) is 3.32. The van der Waals surface area contributed by atoms with E-state index >= 15 is 0 Å². The molecule has 3 heteroatoms. The molecular formula is C19H30O3. The first-order valence-electron chi connectivity index (χ1n) is 8.51. The van der Waals surface area contributed by atoms with E-state index in [-0.39, 0.29) is 5.41 Å². The van der Waals surface area contributed by atoms with E-state index in [1.807, 2.05) is 13.0 Å². The Morgan fingerprint density at radius 1 is 1.18 bits per heavy atom. The van der Waals surface area contributed by atoms with Gasteiger partial charge in [0.25, 0.3) is 0 Å². The standard InChI is InChI=1S/C19H30O3/c1-4-6-12-19(14-18(3,21-5-2)22-16-19)15-20-13-17-10-8-7-9-11-17/h7-11H,4-6,12-16H2,1-3H3. The van der Waals surface area contributed by atoms with Crippen LogP contribution in [0.15, 0.2) is 30.3 Å². The molecule has 3 nitrogen and oxygen atoms in total. The molecule has 0 saturated carbocycles. The number of hydrogen-bond acceptors (Lipinski definition) is 3. The highest BCUT2D eigenvalue weighted by atomic mass is 16.7. The SMILES string of the molecule is CCCCC1(COCc2ccccc2)COC(C)(OCC)C1. The molecular weight excluding hydrogens is 276 g/mol. The van der Waals surface area contributed by atoms with E-state index < -0.39 is 5.79 Å². The van der Waals surface area contributed by atoms with E-state index in [0.29, 0.717) is 13.2 Å². The van der Waals surface area contributed by atoms with Gasteiger partial charge in [-0.1, -0.05) is 50.1 Å². The second kappa shape index (κ2) is 8.09. The molecule has 0 spiro atoms. The molecule has 1 saturated heterocycles. The molecule has 0 aromatic heterocycles. The van der Waals surface area contributed by atoms with Gasteiger partial charge >= 0.3 is 0 Å². The number of hydrogen-bond donors (Lipinski definition) is 0. The molecule has 1 aliphatic rings. The first-order valence-corrected chi connectivity index (χ1v) is 8.51. The molecule has 0 aliphatic carbocycles. The van der Waals surface area contributed by atoms with Crippen LogP contribution in [0.3, 0.4) is 0 Å². The smallest absolute Gasteiger partial charge is 0.166 e. The topological polar surface area (TPSA) is 27.7 Å². The number of rotatable bonds is 9. The van der Waals surface area contributed by atoms with Gasteiger partial charge in [-0.2, -0.15) is 0 Å². The van der Waals surface area contributed by atoms with Gasteiger partial charge in [0.2, 0.25) is 0 Å². The Labute approximate surface area is 135 Å². The molecule has 0 bridgehead atoms. The fourth-order valence-electron chi connectivity index (χ4n) is 3.32. The molecule has 0 radical (unpaired) electrons. The normalized spacial score (nSPS) is 28.1. The lowest BCUT2D eigenvalue weighted by atomic mass is 9.80. The highest BCUT2D eigenvalue weighted by Gasteiger charge is 2.47. The number of ether oxygens (including phenoxy) is 3. The molecule has 1 aliphatic heterocycles. The summed E-state index contributed by atoms with van der Waals surface area (Å²) in [6.45, 7) is 9.14. The molecule has 22 heavy (non-hydrogen) atoms. The molecule has 0 N–H and O–H groups in total. The average molecular weight is 306 g/mol. The quantitative estimate of drug-likeness (QED) is 0.669. The van der Waals surface area contributed by atoms with Gasteiger partial charge < -0.3 is 14.2 Å². The second-order valence-electron chi connectivity index (χ2n) is 6.61. The van der Waals surface area contributed by atoms with Crippen molar-refractivity contribution < 1.29 is 14.2 Å². The lowest BCUT2D eigenvalue weighted by Crippen LogP contribution is -2.32. The maximum atomic E-state index is 6.04. The van der Waals surface area contributed by atoms with Crippen LogP contribution in [0, 0.1) is 5.41 Å². The molecule has 1 fully saturated rings. The average Bonchev–Trinajstić information content (AvgIpc) is 2.84. The summed E-state index contributed by atoms with van der Waals surface area (Å²) in [7, 11) is 0. The van der Waals surface area contributed by atoms with Crippen molar-refractivity contribution in [1.82, 2.24) is 0 Å². The highest BCUT2D eigenvalue weighted by molar-refractivity contribution is 5.13. The van der Waals surface area contributed by atoms with E-state index in [4.69, 9.17) is 14.2 Å². The molecule has 0 amide bonds. The summed E-state index contributed by atoms with van der Waals surface area (Å²) < 4.78 is 17.8. The van der Waals surface area contributed by atoms with E-state index in [2.05, 4.69) is 38.1 Å². The van der Waals surface area contributed by atoms with Gasteiger partial charge in [-0.05, 0) is 25.8 Å². The molecule has 1 aromatic carbocycles. The molecule has 124 valence electrons. The van der Waals surface area contributed by atoms with Crippen molar-refractivity contribution in [2.75, 3.05) is 19.8 Å². The van der Waals surface area contributed by atoms with Crippen molar-refractivity contribution >= 4 is 0 Å². The third-order valence-electron chi connectivity index (χ3n) is 4.41. The van der Waals surface area contributed by atoms with E-state index in [1.165, 1.54) is 18.4 Å². The summed E-state index contributed by atoms with van der Waals surface area (Å²) in [5.41, 5.74) is 1.31.